The van der Waals surface area contributed by atoms with Crippen LogP contribution in [0.15, 0.2) is 30.3 Å². The molecule has 0 heterocycles. The SMILES string of the molecule is Cc1ccc(/C=C\C23CC4CC(CC(C4)C2)C3)cc1. The van der Waals surface area contributed by atoms with Crippen LogP contribution < -0.4 is 0 Å². The molecule has 0 unspecified atom stereocenters. The summed E-state index contributed by atoms with van der Waals surface area (Å²) in [7, 11) is 0. The smallest absolute Gasteiger partial charge is 0.0107 e. The Bertz CT molecular complexity index is 456. The predicted molar refractivity (Wildman–Crippen MR) is 80.8 cm³/mol. The molecule has 0 saturated heterocycles. The lowest BCUT2D eigenvalue weighted by Gasteiger charge is -2.55. The Morgan fingerprint density at radius 1 is 0.895 bits per heavy atom. The summed E-state index contributed by atoms with van der Waals surface area (Å²) in [6.45, 7) is 2.16. The number of hydrogen-bond donors (Lipinski definition) is 0. The highest BCUT2D eigenvalue weighted by Gasteiger charge is 2.49. The van der Waals surface area contributed by atoms with Crippen LogP contribution in [0.25, 0.3) is 6.08 Å². The van der Waals surface area contributed by atoms with Crippen molar-refractivity contribution in [3.63, 3.8) is 0 Å². The second-order valence-electron chi connectivity index (χ2n) is 7.52. The summed E-state index contributed by atoms with van der Waals surface area (Å²) in [5, 5.41) is 0. The fourth-order valence-electron chi connectivity index (χ4n) is 5.33. The molecule has 1 aromatic carbocycles. The number of rotatable bonds is 2. The molecule has 5 rings (SSSR count). The molecule has 4 aliphatic carbocycles. The van der Waals surface area contributed by atoms with Gasteiger partial charge in [-0.3, -0.25) is 0 Å². The summed E-state index contributed by atoms with van der Waals surface area (Å²) < 4.78 is 0. The van der Waals surface area contributed by atoms with Crippen LogP contribution in [-0.4, -0.2) is 0 Å². The van der Waals surface area contributed by atoms with E-state index in [2.05, 4.69) is 43.3 Å². The van der Waals surface area contributed by atoms with Gasteiger partial charge in [-0.25, -0.2) is 0 Å². The Labute approximate surface area is 116 Å². The van der Waals surface area contributed by atoms with Crippen molar-refractivity contribution in [2.45, 2.75) is 45.4 Å². The summed E-state index contributed by atoms with van der Waals surface area (Å²) in [5.41, 5.74) is 3.30. The fourth-order valence-corrected chi connectivity index (χ4v) is 5.33. The Kier molecular flexibility index (Phi) is 2.62. The zero-order valence-electron chi connectivity index (χ0n) is 11.9. The highest BCUT2D eigenvalue weighted by molar-refractivity contribution is 5.50. The van der Waals surface area contributed by atoms with Crippen molar-refractivity contribution in [3.8, 4) is 0 Å². The van der Waals surface area contributed by atoms with E-state index in [-0.39, 0.29) is 0 Å². The Morgan fingerprint density at radius 3 is 1.95 bits per heavy atom. The molecule has 4 saturated carbocycles. The Hall–Kier alpha value is -1.04. The van der Waals surface area contributed by atoms with Crippen molar-refractivity contribution in [1.29, 1.82) is 0 Å². The summed E-state index contributed by atoms with van der Waals surface area (Å²) >= 11 is 0. The van der Waals surface area contributed by atoms with Crippen LogP contribution in [0.3, 0.4) is 0 Å². The van der Waals surface area contributed by atoms with Gasteiger partial charge in [0.25, 0.3) is 0 Å². The minimum Gasteiger partial charge on any atom is -0.0777 e. The maximum Gasteiger partial charge on any atom is -0.0107 e. The molecule has 0 nitrogen and oxygen atoms in total. The van der Waals surface area contributed by atoms with Crippen LogP contribution in [0.5, 0.6) is 0 Å². The molecule has 4 fully saturated rings. The van der Waals surface area contributed by atoms with E-state index in [1.807, 2.05) is 0 Å². The second-order valence-corrected chi connectivity index (χ2v) is 7.52. The zero-order valence-corrected chi connectivity index (χ0v) is 11.9. The van der Waals surface area contributed by atoms with Gasteiger partial charge in [-0.1, -0.05) is 42.0 Å². The average molecular weight is 252 g/mol. The molecule has 4 bridgehead atoms. The third-order valence-corrected chi connectivity index (χ3v) is 5.79. The second kappa shape index (κ2) is 4.23. The van der Waals surface area contributed by atoms with E-state index < -0.39 is 0 Å². The highest BCUT2D eigenvalue weighted by atomic mass is 14.5. The molecule has 1 aromatic rings. The summed E-state index contributed by atoms with van der Waals surface area (Å²) in [6, 6.07) is 8.96. The largest absolute Gasteiger partial charge is 0.0777 e. The first-order valence-corrected chi connectivity index (χ1v) is 7.97. The summed E-state index contributed by atoms with van der Waals surface area (Å²) in [6.07, 6.45) is 14.0. The topological polar surface area (TPSA) is 0 Å². The van der Waals surface area contributed by atoms with Crippen LogP contribution in [0.4, 0.5) is 0 Å². The van der Waals surface area contributed by atoms with Gasteiger partial charge in [0.15, 0.2) is 0 Å². The van der Waals surface area contributed by atoms with Gasteiger partial charge in [0.05, 0.1) is 0 Å². The van der Waals surface area contributed by atoms with Gasteiger partial charge in [0.1, 0.15) is 0 Å². The van der Waals surface area contributed by atoms with Crippen molar-refractivity contribution >= 4 is 6.08 Å². The molecule has 19 heavy (non-hydrogen) atoms. The summed E-state index contributed by atoms with van der Waals surface area (Å²) in [4.78, 5) is 0. The van der Waals surface area contributed by atoms with Crippen molar-refractivity contribution in [3.05, 3.63) is 41.5 Å². The molecule has 0 radical (unpaired) electrons. The lowest BCUT2D eigenvalue weighted by atomic mass is 9.49. The zero-order chi connectivity index (χ0) is 12.9. The monoisotopic (exact) mass is 252 g/mol. The van der Waals surface area contributed by atoms with Crippen LogP contribution >= 0.6 is 0 Å². The minimum atomic E-state index is 0.569. The maximum atomic E-state index is 2.59. The van der Waals surface area contributed by atoms with Gasteiger partial charge in [-0.15, -0.1) is 0 Å². The number of aryl methyl sites for hydroxylation is 1. The van der Waals surface area contributed by atoms with Crippen molar-refractivity contribution in [2.24, 2.45) is 23.2 Å². The van der Waals surface area contributed by atoms with E-state index in [1.165, 1.54) is 49.7 Å². The standard InChI is InChI=1S/C19H24/c1-14-2-4-15(5-3-14)6-7-19-11-16-8-17(12-19)10-18(9-16)13-19/h2-7,16-18H,8-13H2,1H3/b7-6-. The molecule has 0 N–H and O–H groups in total. The third kappa shape index (κ3) is 2.16. The molecular weight excluding hydrogens is 228 g/mol. The molecule has 0 aromatic heterocycles. The number of benzene rings is 1. The number of hydrogen-bond acceptors (Lipinski definition) is 0. The van der Waals surface area contributed by atoms with Gasteiger partial charge in [0.2, 0.25) is 0 Å². The Balaban J connectivity index is 1.57. The first-order valence-electron chi connectivity index (χ1n) is 7.97. The number of allylic oxidation sites excluding steroid dienone is 1. The van der Waals surface area contributed by atoms with E-state index in [0.717, 1.165) is 17.8 Å². The molecule has 0 heteroatoms. The van der Waals surface area contributed by atoms with Crippen LogP contribution in [0.2, 0.25) is 0 Å². The maximum absolute atomic E-state index is 2.59. The van der Waals surface area contributed by atoms with E-state index >= 15 is 0 Å². The first-order chi connectivity index (χ1) is 9.21. The van der Waals surface area contributed by atoms with Gasteiger partial charge < -0.3 is 0 Å². The molecule has 0 amide bonds. The van der Waals surface area contributed by atoms with Crippen molar-refractivity contribution in [2.75, 3.05) is 0 Å². The third-order valence-electron chi connectivity index (χ3n) is 5.79. The molecule has 0 atom stereocenters. The normalized spacial score (nSPS) is 40.2. The van der Waals surface area contributed by atoms with Crippen molar-refractivity contribution in [1.82, 2.24) is 0 Å². The lowest BCUT2D eigenvalue weighted by molar-refractivity contribution is -0.0232. The van der Waals surface area contributed by atoms with Gasteiger partial charge >= 0.3 is 0 Å². The van der Waals surface area contributed by atoms with Gasteiger partial charge in [0, 0.05) is 0 Å². The fraction of sp³-hybridized carbons (Fsp3) is 0.579. The molecule has 100 valence electrons. The quantitative estimate of drug-likeness (QED) is 0.676. The first kappa shape index (κ1) is 11.8. The molecule has 4 aliphatic rings. The minimum absolute atomic E-state index is 0.569. The Morgan fingerprint density at radius 2 is 1.42 bits per heavy atom. The molecule has 0 aliphatic heterocycles. The van der Waals surface area contributed by atoms with E-state index in [4.69, 9.17) is 0 Å². The van der Waals surface area contributed by atoms with Crippen molar-refractivity contribution < 1.29 is 0 Å². The van der Waals surface area contributed by atoms with Gasteiger partial charge in [-0.05, 0) is 74.2 Å². The summed E-state index contributed by atoms with van der Waals surface area (Å²) in [5.74, 6) is 3.15. The van der Waals surface area contributed by atoms with Crippen LogP contribution in [-0.2, 0) is 0 Å². The van der Waals surface area contributed by atoms with E-state index in [1.54, 1.807) is 0 Å². The molecular formula is C19H24. The lowest BCUT2D eigenvalue weighted by Crippen LogP contribution is -2.44. The highest BCUT2D eigenvalue weighted by Crippen LogP contribution is 2.60. The van der Waals surface area contributed by atoms with Gasteiger partial charge in [-0.2, -0.15) is 0 Å². The van der Waals surface area contributed by atoms with Crippen LogP contribution in [0.1, 0.15) is 49.7 Å². The average Bonchev–Trinajstić information content (AvgIpc) is 2.36. The van der Waals surface area contributed by atoms with Crippen LogP contribution in [0, 0.1) is 30.1 Å². The van der Waals surface area contributed by atoms with E-state index in [0.29, 0.717) is 5.41 Å². The predicted octanol–water partition coefficient (Wildman–Crippen LogP) is 5.22. The van der Waals surface area contributed by atoms with E-state index in [9.17, 15) is 0 Å². The molecule has 0 spiro atoms.